The third-order valence-electron chi connectivity index (χ3n) is 3.20. The number of oxime groups is 1. The van der Waals surface area contributed by atoms with E-state index in [9.17, 15) is 5.11 Å². The quantitative estimate of drug-likeness (QED) is 0.620. The number of hydrogen-bond donors (Lipinski definition) is 2. The van der Waals surface area contributed by atoms with Crippen molar-refractivity contribution in [2.24, 2.45) is 5.16 Å². The van der Waals surface area contributed by atoms with E-state index >= 15 is 0 Å². The molecular formula is C13H18N2O2. The van der Waals surface area contributed by atoms with E-state index in [1.54, 1.807) is 0 Å². The zero-order chi connectivity index (χ0) is 12.3. The molecule has 0 aliphatic carbocycles. The lowest BCUT2D eigenvalue weighted by Gasteiger charge is -2.32. The summed E-state index contributed by atoms with van der Waals surface area (Å²) in [6.45, 7) is 3.39. The Balaban J connectivity index is 2.28. The average Bonchev–Trinajstić information content (AvgIpc) is 2.39. The second-order valence-electron chi connectivity index (χ2n) is 4.32. The van der Waals surface area contributed by atoms with Crippen molar-refractivity contribution in [3.63, 3.8) is 0 Å². The van der Waals surface area contributed by atoms with Gasteiger partial charge in [0.15, 0.2) is 0 Å². The summed E-state index contributed by atoms with van der Waals surface area (Å²) in [4.78, 5) is 2.15. The van der Waals surface area contributed by atoms with E-state index in [1.807, 2.05) is 31.2 Å². The molecule has 0 fully saturated rings. The second-order valence-corrected chi connectivity index (χ2v) is 4.32. The van der Waals surface area contributed by atoms with E-state index in [4.69, 9.17) is 5.21 Å². The highest BCUT2D eigenvalue weighted by Gasteiger charge is 2.22. The predicted octanol–water partition coefficient (Wildman–Crippen LogP) is 1.85. The molecule has 1 aliphatic heterocycles. The molecule has 0 saturated heterocycles. The standard InChI is InChI=1S/C13H18N2O2/c1-2-10(16)9-15-8-7-12(14-17)11-5-3-4-6-13(11)15/h3-6,10,16-17H,2,7-9H2,1H3. The smallest absolute Gasteiger partial charge is 0.0906 e. The molecule has 1 aliphatic rings. The lowest BCUT2D eigenvalue weighted by Crippen LogP contribution is -2.37. The number of anilines is 1. The van der Waals surface area contributed by atoms with E-state index in [1.165, 1.54) is 0 Å². The predicted molar refractivity (Wildman–Crippen MR) is 67.9 cm³/mol. The Morgan fingerprint density at radius 1 is 1.41 bits per heavy atom. The van der Waals surface area contributed by atoms with Crippen LogP contribution in [0.5, 0.6) is 0 Å². The first-order chi connectivity index (χ1) is 8.26. The summed E-state index contributed by atoms with van der Waals surface area (Å²) >= 11 is 0. The Kier molecular flexibility index (Phi) is 3.64. The van der Waals surface area contributed by atoms with Gasteiger partial charge in [-0.3, -0.25) is 0 Å². The van der Waals surface area contributed by atoms with Crippen molar-refractivity contribution >= 4 is 11.4 Å². The molecule has 0 amide bonds. The van der Waals surface area contributed by atoms with Gasteiger partial charge < -0.3 is 15.2 Å². The van der Waals surface area contributed by atoms with Crippen molar-refractivity contribution in [3.05, 3.63) is 29.8 Å². The molecule has 1 heterocycles. The van der Waals surface area contributed by atoms with Crippen LogP contribution in [-0.2, 0) is 0 Å². The van der Waals surface area contributed by atoms with Crippen LogP contribution in [0, 0.1) is 0 Å². The van der Waals surface area contributed by atoms with Crippen LogP contribution in [0.3, 0.4) is 0 Å². The first-order valence-corrected chi connectivity index (χ1v) is 5.99. The number of nitrogens with zero attached hydrogens (tertiary/aromatic N) is 2. The highest BCUT2D eigenvalue weighted by atomic mass is 16.4. The number of aliphatic hydroxyl groups is 1. The van der Waals surface area contributed by atoms with Crippen molar-refractivity contribution in [2.75, 3.05) is 18.0 Å². The van der Waals surface area contributed by atoms with Gasteiger partial charge in [-0.05, 0) is 12.5 Å². The van der Waals surface area contributed by atoms with E-state index in [-0.39, 0.29) is 6.10 Å². The SMILES string of the molecule is CCC(O)CN1CCC(=NO)c2ccccc21. The van der Waals surface area contributed by atoms with Crippen LogP contribution in [-0.4, -0.2) is 35.2 Å². The number of rotatable bonds is 3. The minimum absolute atomic E-state index is 0.310. The van der Waals surface area contributed by atoms with Gasteiger partial charge in [-0.1, -0.05) is 30.3 Å². The Hall–Kier alpha value is -1.55. The Bertz CT molecular complexity index is 418. The molecule has 0 radical (unpaired) electrons. The zero-order valence-corrected chi connectivity index (χ0v) is 10.0. The van der Waals surface area contributed by atoms with Crippen molar-refractivity contribution in [2.45, 2.75) is 25.9 Å². The summed E-state index contributed by atoms with van der Waals surface area (Å²) in [5.74, 6) is 0. The van der Waals surface area contributed by atoms with E-state index in [0.717, 1.165) is 29.9 Å². The molecule has 2 N–H and O–H groups in total. The summed E-state index contributed by atoms with van der Waals surface area (Å²) in [5, 5.41) is 22.1. The van der Waals surface area contributed by atoms with Gasteiger partial charge in [0.2, 0.25) is 0 Å². The van der Waals surface area contributed by atoms with Crippen LogP contribution in [0.15, 0.2) is 29.4 Å². The molecule has 0 spiro atoms. The lowest BCUT2D eigenvalue weighted by molar-refractivity contribution is 0.175. The first kappa shape index (κ1) is 11.9. The monoisotopic (exact) mass is 234 g/mol. The molecule has 0 bridgehead atoms. The lowest BCUT2D eigenvalue weighted by atomic mass is 9.99. The van der Waals surface area contributed by atoms with Gasteiger partial charge in [0.25, 0.3) is 0 Å². The molecule has 1 unspecified atom stereocenters. The minimum atomic E-state index is -0.310. The van der Waals surface area contributed by atoms with Gasteiger partial charge in [-0.2, -0.15) is 0 Å². The molecule has 17 heavy (non-hydrogen) atoms. The summed E-state index contributed by atoms with van der Waals surface area (Å²) in [5.41, 5.74) is 2.73. The fraction of sp³-hybridized carbons (Fsp3) is 0.462. The molecule has 4 nitrogen and oxygen atoms in total. The highest BCUT2D eigenvalue weighted by Crippen LogP contribution is 2.27. The van der Waals surface area contributed by atoms with Crippen LogP contribution >= 0.6 is 0 Å². The largest absolute Gasteiger partial charge is 0.411 e. The molecule has 92 valence electrons. The van der Waals surface area contributed by atoms with Crippen molar-refractivity contribution in [1.82, 2.24) is 0 Å². The maximum atomic E-state index is 9.74. The van der Waals surface area contributed by atoms with Crippen molar-refractivity contribution in [3.8, 4) is 0 Å². The summed E-state index contributed by atoms with van der Waals surface area (Å²) in [6, 6.07) is 7.85. The first-order valence-electron chi connectivity index (χ1n) is 5.99. The van der Waals surface area contributed by atoms with Gasteiger partial charge in [0.05, 0.1) is 11.8 Å². The molecule has 2 rings (SSSR count). The fourth-order valence-corrected chi connectivity index (χ4v) is 2.17. The summed E-state index contributed by atoms with van der Waals surface area (Å²) in [7, 11) is 0. The second kappa shape index (κ2) is 5.19. The summed E-state index contributed by atoms with van der Waals surface area (Å²) < 4.78 is 0. The Labute approximate surface area is 101 Å². The normalized spacial score (nSPS) is 19.2. The topological polar surface area (TPSA) is 56.1 Å². The Morgan fingerprint density at radius 3 is 2.88 bits per heavy atom. The molecule has 0 saturated carbocycles. The zero-order valence-electron chi connectivity index (χ0n) is 10.0. The fourth-order valence-electron chi connectivity index (χ4n) is 2.17. The number of aliphatic hydroxyl groups excluding tert-OH is 1. The molecule has 1 aromatic carbocycles. The van der Waals surface area contributed by atoms with Gasteiger partial charge in [-0.15, -0.1) is 0 Å². The number of fused-ring (bicyclic) bond motifs is 1. The molecule has 1 atom stereocenters. The van der Waals surface area contributed by atoms with Gasteiger partial charge in [-0.25, -0.2) is 0 Å². The van der Waals surface area contributed by atoms with Gasteiger partial charge in [0, 0.05) is 30.8 Å². The number of hydrogen-bond acceptors (Lipinski definition) is 4. The maximum Gasteiger partial charge on any atom is 0.0906 e. The van der Waals surface area contributed by atoms with Gasteiger partial charge >= 0.3 is 0 Å². The highest BCUT2D eigenvalue weighted by molar-refractivity contribution is 6.06. The third-order valence-corrected chi connectivity index (χ3v) is 3.20. The van der Waals surface area contributed by atoms with E-state index in [0.29, 0.717) is 13.0 Å². The van der Waals surface area contributed by atoms with Crippen LogP contribution in [0.2, 0.25) is 0 Å². The van der Waals surface area contributed by atoms with E-state index < -0.39 is 0 Å². The molecule has 0 aromatic heterocycles. The summed E-state index contributed by atoms with van der Waals surface area (Å²) in [6.07, 6.45) is 1.15. The minimum Gasteiger partial charge on any atom is -0.411 e. The van der Waals surface area contributed by atoms with Gasteiger partial charge in [0.1, 0.15) is 0 Å². The number of β-amino-alcohol motifs (C(OH)–C–C–N with tert-alkyl or cyclic N) is 1. The van der Waals surface area contributed by atoms with Crippen LogP contribution < -0.4 is 4.90 Å². The number of para-hydroxylation sites is 1. The van der Waals surface area contributed by atoms with Crippen LogP contribution in [0.1, 0.15) is 25.3 Å². The Morgan fingerprint density at radius 2 is 2.18 bits per heavy atom. The van der Waals surface area contributed by atoms with E-state index in [2.05, 4.69) is 10.1 Å². The van der Waals surface area contributed by atoms with Crippen LogP contribution in [0.25, 0.3) is 0 Å². The average molecular weight is 234 g/mol. The molecular weight excluding hydrogens is 216 g/mol. The number of benzene rings is 1. The van der Waals surface area contributed by atoms with Crippen LogP contribution in [0.4, 0.5) is 5.69 Å². The van der Waals surface area contributed by atoms with Crippen molar-refractivity contribution < 1.29 is 10.3 Å². The maximum absolute atomic E-state index is 9.74. The molecule has 1 aromatic rings. The third kappa shape index (κ3) is 2.42. The van der Waals surface area contributed by atoms with Crippen molar-refractivity contribution in [1.29, 1.82) is 0 Å². The molecule has 4 heteroatoms.